The van der Waals surface area contributed by atoms with Gasteiger partial charge in [0.1, 0.15) is 5.60 Å². The number of ether oxygens (including phenoxy) is 1. The Balaban J connectivity index is 1.74. The maximum Gasteiger partial charge on any atom is 0.410 e. The molecule has 0 spiro atoms. The summed E-state index contributed by atoms with van der Waals surface area (Å²) >= 11 is 0. The van der Waals surface area contributed by atoms with Gasteiger partial charge in [-0.2, -0.15) is 0 Å². The van der Waals surface area contributed by atoms with Crippen molar-refractivity contribution in [3.63, 3.8) is 0 Å². The second-order valence-electron chi connectivity index (χ2n) is 9.04. The van der Waals surface area contributed by atoms with Crippen molar-refractivity contribution in [1.82, 2.24) is 4.90 Å². The van der Waals surface area contributed by atoms with Crippen molar-refractivity contribution < 1.29 is 17.9 Å². The molecule has 1 heterocycles. The van der Waals surface area contributed by atoms with Crippen LogP contribution >= 0.6 is 0 Å². The highest BCUT2D eigenvalue weighted by Crippen LogP contribution is 2.38. The number of hydrogen-bond donors (Lipinski definition) is 0. The third-order valence-electron chi connectivity index (χ3n) is 5.31. The summed E-state index contributed by atoms with van der Waals surface area (Å²) < 4.78 is 32.0. The molecule has 0 radical (unpaired) electrons. The van der Waals surface area contributed by atoms with Crippen LogP contribution in [0, 0.1) is 5.92 Å². The lowest BCUT2D eigenvalue weighted by molar-refractivity contribution is 0.0205. The number of sulfonamides is 1. The molecule has 1 amide bonds. The summed E-state index contributed by atoms with van der Waals surface area (Å²) in [7, 11) is -3.33. The second-order valence-corrected chi connectivity index (χ2v) is 10.9. The van der Waals surface area contributed by atoms with E-state index < -0.39 is 15.6 Å². The van der Waals surface area contributed by atoms with Gasteiger partial charge in [-0.15, -0.1) is 0 Å². The minimum absolute atomic E-state index is 0.235. The van der Waals surface area contributed by atoms with Crippen molar-refractivity contribution in [3.05, 3.63) is 29.8 Å². The van der Waals surface area contributed by atoms with Gasteiger partial charge in [-0.05, 0) is 69.9 Å². The minimum Gasteiger partial charge on any atom is -0.444 e. The van der Waals surface area contributed by atoms with Gasteiger partial charge in [0, 0.05) is 19.6 Å². The molecule has 6 nitrogen and oxygen atoms in total. The van der Waals surface area contributed by atoms with E-state index in [1.54, 1.807) is 9.21 Å². The maximum absolute atomic E-state index is 12.5. The van der Waals surface area contributed by atoms with Gasteiger partial charge < -0.3 is 9.64 Å². The van der Waals surface area contributed by atoms with E-state index in [2.05, 4.69) is 0 Å². The first-order chi connectivity index (χ1) is 13.0. The smallest absolute Gasteiger partial charge is 0.410 e. The lowest BCUT2D eigenvalue weighted by atomic mass is 9.88. The molecular weight excluding hydrogens is 376 g/mol. The zero-order valence-corrected chi connectivity index (χ0v) is 18.2. The molecular formula is C21H32N2O4S. The number of hydrogen-bond acceptors (Lipinski definition) is 4. The van der Waals surface area contributed by atoms with Crippen molar-refractivity contribution in [3.8, 4) is 0 Å². The standard InChI is InChI=1S/C21H32N2O4S/c1-21(2,3)27-20(24)22-13-11-17(12-14-22)18-7-5-6-8-19(18)23(28(4,25)26)15-16-9-10-16/h5-8,16-17H,9-15H2,1-4H3. The number of benzene rings is 1. The molecule has 0 N–H and O–H groups in total. The van der Waals surface area contributed by atoms with Gasteiger partial charge in [0.2, 0.25) is 10.0 Å². The van der Waals surface area contributed by atoms with Gasteiger partial charge in [-0.25, -0.2) is 13.2 Å². The van der Waals surface area contributed by atoms with Gasteiger partial charge >= 0.3 is 6.09 Å². The number of rotatable bonds is 5. The Hall–Kier alpha value is -1.76. The van der Waals surface area contributed by atoms with E-state index in [9.17, 15) is 13.2 Å². The number of carbonyl (C=O) groups excluding carboxylic acids is 1. The number of piperidine rings is 1. The molecule has 1 aromatic rings. The van der Waals surface area contributed by atoms with Crippen LogP contribution in [-0.4, -0.2) is 50.9 Å². The molecule has 0 atom stereocenters. The summed E-state index contributed by atoms with van der Waals surface area (Å²) in [6, 6.07) is 7.82. The average Bonchev–Trinajstić information content (AvgIpc) is 3.42. The maximum atomic E-state index is 12.5. The zero-order chi connectivity index (χ0) is 20.5. The van der Waals surface area contributed by atoms with Crippen LogP contribution in [0.1, 0.15) is 57.9 Å². The fourth-order valence-electron chi connectivity index (χ4n) is 3.71. The fraction of sp³-hybridized carbons (Fsp3) is 0.667. The molecule has 1 saturated heterocycles. The van der Waals surface area contributed by atoms with E-state index >= 15 is 0 Å². The molecule has 2 fully saturated rings. The molecule has 1 aliphatic carbocycles. The Morgan fingerprint density at radius 3 is 2.29 bits per heavy atom. The third kappa shape index (κ3) is 5.40. The van der Waals surface area contributed by atoms with Crippen LogP contribution in [0.25, 0.3) is 0 Å². The van der Waals surface area contributed by atoms with Crippen LogP contribution in [0.4, 0.5) is 10.5 Å². The van der Waals surface area contributed by atoms with E-state index in [-0.39, 0.29) is 12.0 Å². The number of para-hydroxylation sites is 1. The summed E-state index contributed by atoms with van der Waals surface area (Å²) in [6.07, 6.45) is 4.82. The molecule has 28 heavy (non-hydrogen) atoms. The largest absolute Gasteiger partial charge is 0.444 e. The summed E-state index contributed by atoms with van der Waals surface area (Å²) in [6.45, 7) is 7.41. The zero-order valence-electron chi connectivity index (χ0n) is 17.3. The van der Waals surface area contributed by atoms with E-state index in [1.807, 2.05) is 45.0 Å². The average molecular weight is 409 g/mol. The van der Waals surface area contributed by atoms with Crippen LogP contribution in [0.15, 0.2) is 24.3 Å². The Bertz CT molecular complexity index is 804. The third-order valence-corrected chi connectivity index (χ3v) is 6.46. The highest BCUT2D eigenvalue weighted by Gasteiger charge is 2.33. The molecule has 156 valence electrons. The lowest BCUT2D eigenvalue weighted by Gasteiger charge is -2.35. The summed E-state index contributed by atoms with van der Waals surface area (Å²) in [5.74, 6) is 0.704. The van der Waals surface area contributed by atoms with Crippen molar-refractivity contribution in [2.24, 2.45) is 5.92 Å². The first kappa shape index (κ1) is 21.0. The van der Waals surface area contributed by atoms with Crippen LogP contribution in [-0.2, 0) is 14.8 Å². The van der Waals surface area contributed by atoms with Crippen LogP contribution in [0.3, 0.4) is 0 Å². The van der Waals surface area contributed by atoms with E-state index in [0.717, 1.165) is 36.9 Å². The SMILES string of the molecule is CC(C)(C)OC(=O)N1CCC(c2ccccc2N(CC2CC2)S(C)(=O)=O)CC1. The fourth-order valence-corrected chi connectivity index (χ4v) is 4.71. The second kappa shape index (κ2) is 7.93. The Labute approximate surface area is 168 Å². The number of likely N-dealkylation sites (tertiary alicyclic amines) is 1. The van der Waals surface area contributed by atoms with Crippen LogP contribution < -0.4 is 4.31 Å². The first-order valence-corrected chi connectivity index (χ1v) is 11.9. The van der Waals surface area contributed by atoms with Gasteiger partial charge in [0.15, 0.2) is 0 Å². The summed E-state index contributed by atoms with van der Waals surface area (Å²) in [5.41, 5.74) is 1.37. The van der Waals surface area contributed by atoms with E-state index in [0.29, 0.717) is 25.6 Å². The quantitative estimate of drug-likeness (QED) is 0.739. The van der Waals surface area contributed by atoms with Crippen molar-refractivity contribution in [1.29, 1.82) is 0 Å². The van der Waals surface area contributed by atoms with Gasteiger partial charge in [0.25, 0.3) is 0 Å². The van der Waals surface area contributed by atoms with Gasteiger partial charge in [-0.1, -0.05) is 18.2 Å². The molecule has 7 heteroatoms. The number of nitrogens with zero attached hydrogens (tertiary/aromatic N) is 2. The highest BCUT2D eigenvalue weighted by molar-refractivity contribution is 7.92. The Kier molecular flexibility index (Phi) is 5.94. The van der Waals surface area contributed by atoms with Crippen molar-refractivity contribution >= 4 is 21.8 Å². The first-order valence-electron chi connectivity index (χ1n) is 10.1. The minimum atomic E-state index is -3.33. The van der Waals surface area contributed by atoms with E-state index in [4.69, 9.17) is 4.74 Å². The summed E-state index contributed by atoms with van der Waals surface area (Å²) in [4.78, 5) is 14.1. The van der Waals surface area contributed by atoms with Crippen molar-refractivity contribution in [2.45, 2.75) is 58.0 Å². The predicted molar refractivity (Wildman–Crippen MR) is 111 cm³/mol. The van der Waals surface area contributed by atoms with Crippen molar-refractivity contribution in [2.75, 3.05) is 30.2 Å². The van der Waals surface area contributed by atoms with Gasteiger partial charge in [-0.3, -0.25) is 4.31 Å². The van der Waals surface area contributed by atoms with E-state index in [1.165, 1.54) is 6.26 Å². The van der Waals surface area contributed by atoms with Gasteiger partial charge in [0.05, 0.1) is 11.9 Å². The molecule has 1 aliphatic heterocycles. The Morgan fingerprint density at radius 2 is 1.75 bits per heavy atom. The molecule has 3 rings (SSSR count). The van der Waals surface area contributed by atoms with Crippen LogP contribution in [0.5, 0.6) is 0 Å². The molecule has 0 aromatic heterocycles. The predicted octanol–water partition coefficient (Wildman–Crippen LogP) is 3.98. The number of anilines is 1. The lowest BCUT2D eigenvalue weighted by Crippen LogP contribution is -2.41. The molecule has 0 unspecified atom stereocenters. The number of amides is 1. The molecule has 1 saturated carbocycles. The topological polar surface area (TPSA) is 66.9 Å². The Morgan fingerprint density at radius 1 is 1.14 bits per heavy atom. The normalized spacial score (nSPS) is 18.8. The summed E-state index contributed by atoms with van der Waals surface area (Å²) in [5, 5.41) is 0. The monoisotopic (exact) mass is 408 g/mol. The molecule has 1 aromatic carbocycles. The highest BCUT2D eigenvalue weighted by atomic mass is 32.2. The molecule has 0 bridgehead atoms. The van der Waals surface area contributed by atoms with Crippen LogP contribution in [0.2, 0.25) is 0 Å². The molecule has 2 aliphatic rings. The number of carbonyl (C=O) groups is 1.